The maximum Gasteiger partial charge on any atom is 0.293 e. The smallest absolute Gasteiger partial charge is 0.293 e. The number of sulfonamides is 1. The Kier molecular flexibility index (Phi) is 5.38. The number of halogens is 2. The molecule has 0 atom stereocenters. The van der Waals surface area contributed by atoms with E-state index < -0.39 is 31.5 Å². The summed E-state index contributed by atoms with van der Waals surface area (Å²) in [5.41, 5.74) is 0.162. The van der Waals surface area contributed by atoms with Crippen LogP contribution < -0.4 is 4.90 Å². The Morgan fingerprint density at radius 1 is 1.04 bits per heavy atom. The van der Waals surface area contributed by atoms with Gasteiger partial charge in [-0.25, -0.2) is 17.2 Å². The minimum atomic E-state index is -4.17. The van der Waals surface area contributed by atoms with Crippen molar-refractivity contribution >= 4 is 27.7 Å². The van der Waals surface area contributed by atoms with Gasteiger partial charge in [-0.2, -0.15) is 4.31 Å². The summed E-state index contributed by atoms with van der Waals surface area (Å²) in [5.74, 6) is -2.06. The first-order chi connectivity index (χ1) is 13.2. The van der Waals surface area contributed by atoms with Gasteiger partial charge >= 0.3 is 0 Å². The predicted octanol–water partition coefficient (Wildman–Crippen LogP) is 2.20. The van der Waals surface area contributed by atoms with Crippen LogP contribution in [0.5, 0.6) is 0 Å². The topological polar surface area (TPSA) is 101 Å². The zero-order chi connectivity index (χ0) is 20.5. The first kappa shape index (κ1) is 19.8. The molecule has 0 saturated carbocycles. The third-order valence-corrected chi connectivity index (χ3v) is 6.36. The monoisotopic (exact) mass is 411 g/mol. The number of aldehydes is 1. The number of hydrogen-bond donors (Lipinski definition) is 0. The normalized spacial score (nSPS) is 15.4. The second kappa shape index (κ2) is 7.60. The molecule has 0 unspecified atom stereocenters. The molecule has 3 rings (SSSR count). The number of rotatable bonds is 5. The summed E-state index contributed by atoms with van der Waals surface area (Å²) < 4.78 is 53.2. The molecule has 0 amide bonds. The summed E-state index contributed by atoms with van der Waals surface area (Å²) in [4.78, 5) is 22.5. The van der Waals surface area contributed by atoms with Crippen molar-refractivity contribution in [2.45, 2.75) is 4.90 Å². The third kappa shape index (κ3) is 3.71. The number of nitrogens with zero attached hydrogens (tertiary/aromatic N) is 3. The summed E-state index contributed by atoms with van der Waals surface area (Å²) in [6.45, 7) is 0.185. The summed E-state index contributed by atoms with van der Waals surface area (Å²) in [5, 5.41) is 11.3. The van der Waals surface area contributed by atoms with Gasteiger partial charge in [0.15, 0.2) is 0 Å². The second-order valence-electron chi connectivity index (χ2n) is 6.09. The van der Waals surface area contributed by atoms with Crippen LogP contribution in [0.3, 0.4) is 0 Å². The number of carbonyl (C=O) groups excluding carboxylic acids is 1. The Morgan fingerprint density at radius 2 is 1.71 bits per heavy atom. The predicted molar refractivity (Wildman–Crippen MR) is 95.8 cm³/mol. The molecule has 0 bridgehead atoms. The van der Waals surface area contributed by atoms with E-state index in [1.165, 1.54) is 12.1 Å². The summed E-state index contributed by atoms with van der Waals surface area (Å²) in [6.07, 6.45) is 0.499. The van der Waals surface area contributed by atoms with Gasteiger partial charge in [0.1, 0.15) is 28.5 Å². The molecule has 148 valence electrons. The minimum absolute atomic E-state index is 0.0360. The lowest BCUT2D eigenvalue weighted by molar-refractivity contribution is -0.384. The van der Waals surface area contributed by atoms with Gasteiger partial charge in [0.2, 0.25) is 10.0 Å². The number of carbonyl (C=O) groups is 1. The summed E-state index contributed by atoms with van der Waals surface area (Å²) in [7, 11) is -4.17. The molecule has 1 saturated heterocycles. The Bertz CT molecular complexity index is 1040. The maximum absolute atomic E-state index is 13.9. The van der Waals surface area contributed by atoms with Crippen molar-refractivity contribution < 1.29 is 26.9 Å². The zero-order valence-corrected chi connectivity index (χ0v) is 15.2. The van der Waals surface area contributed by atoms with E-state index in [-0.39, 0.29) is 43.1 Å². The van der Waals surface area contributed by atoms with Crippen LogP contribution in [0.2, 0.25) is 0 Å². The second-order valence-corrected chi connectivity index (χ2v) is 8.00. The lowest BCUT2D eigenvalue weighted by Crippen LogP contribution is -2.49. The molecule has 1 fully saturated rings. The maximum atomic E-state index is 13.9. The molecule has 8 nitrogen and oxygen atoms in total. The number of piperazine rings is 1. The standard InChI is InChI=1S/C17H15F2N3O5S/c18-13-2-4-17(14(19)10-13)28(26,27)21-7-5-20(6-8-21)15-3-1-12(11-23)9-16(15)22(24)25/h1-4,9-11H,5-8H2. The van der Waals surface area contributed by atoms with Crippen LogP contribution in [-0.4, -0.2) is 50.1 Å². The first-order valence-electron chi connectivity index (χ1n) is 8.18. The number of hydrogen-bond acceptors (Lipinski definition) is 6. The SMILES string of the molecule is O=Cc1ccc(N2CCN(S(=O)(=O)c3ccc(F)cc3F)CC2)c([N+](=O)[O-])c1. The molecule has 1 aliphatic heterocycles. The highest BCUT2D eigenvalue weighted by atomic mass is 32.2. The number of anilines is 1. The van der Waals surface area contributed by atoms with Crippen LogP contribution in [0.4, 0.5) is 20.2 Å². The fraction of sp³-hybridized carbons (Fsp3) is 0.235. The highest BCUT2D eigenvalue weighted by Crippen LogP contribution is 2.30. The highest BCUT2D eigenvalue weighted by Gasteiger charge is 2.32. The van der Waals surface area contributed by atoms with Crippen molar-refractivity contribution in [3.8, 4) is 0 Å². The van der Waals surface area contributed by atoms with Crippen molar-refractivity contribution in [3.05, 3.63) is 63.7 Å². The van der Waals surface area contributed by atoms with Gasteiger partial charge in [0, 0.05) is 43.9 Å². The fourth-order valence-corrected chi connectivity index (χ4v) is 4.49. The molecule has 2 aromatic carbocycles. The van der Waals surface area contributed by atoms with Crippen molar-refractivity contribution in [2.24, 2.45) is 0 Å². The Labute approximate surface area is 159 Å². The Morgan fingerprint density at radius 3 is 2.29 bits per heavy atom. The van der Waals surface area contributed by atoms with Crippen LogP contribution in [0.1, 0.15) is 10.4 Å². The van der Waals surface area contributed by atoms with Gasteiger partial charge in [-0.15, -0.1) is 0 Å². The molecule has 0 aliphatic carbocycles. The van der Waals surface area contributed by atoms with E-state index in [0.717, 1.165) is 22.5 Å². The summed E-state index contributed by atoms with van der Waals surface area (Å²) >= 11 is 0. The molecule has 1 aliphatic rings. The molecule has 0 spiro atoms. The third-order valence-electron chi connectivity index (χ3n) is 4.42. The van der Waals surface area contributed by atoms with Gasteiger partial charge in [0.25, 0.3) is 5.69 Å². The molecule has 1 heterocycles. The van der Waals surface area contributed by atoms with E-state index in [2.05, 4.69) is 0 Å². The van der Waals surface area contributed by atoms with Crippen LogP contribution in [0, 0.1) is 21.7 Å². The van der Waals surface area contributed by atoms with E-state index >= 15 is 0 Å². The van der Waals surface area contributed by atoms with Crippen molar-refractivity contribution in [1.29, 1.82) is 0 Å². The van der Waals surface area contributed by atoms with E-state index in [9.17, 15) is 32.1 Å². The largest absolute Gasteiger partial charge is 0.363 e. The van der Waals surface area contributed by atoms with Gasteiger partial charge in [0.05, 0.1) is 4.92 Å². The molecule has 0 radical (unpaired) electrons. The molecular weight excluding hydrogens is 396 g/mol. The molecule has 0 N–H and O–H groups in total. The van der Waals surface area contributed by atoms with Gasteiger partial charge in [-0.1, -0.05) is 0 Å². The van der Waals surface area contributed by atoms with E-state index in [0.29, 0.717) is 12.4 Å². The quantitative estimate of drug-likeness (QED) is 0.425. The van der Waals surface area contributed by atoms with Crippen molar-refractivity contribution in [1.82, 2.24) is 4.31 Å². The minimum Gasteiger partial charge on any atom is -0.363 e. The summed E-state index contributed by atoms with van der Waals surface area (Å²) in [6, 6.07) is 6.26. The Hall–Kier alpha value is -2.92. The van der Waals surface area contributed by atoms with Crippen LogP contribution in [0.25, 0.3) is 0 Å². The number of nitro groups is 1. The average molecular weight is 411 g/mol. The zero-order valence-electron chi connectivity index (χ0n) is 14.4. The van der Waals surface area contributed by atoms with E-state index in [1.54, 1.807) is 4.90 Å². The fourth-order valence-electron chi connectivity index (χ4n) is 3.02. The first-order valence-corrected chi connectivity index (χ1v) is 9.62. The molecule has 2 aromatic rings. The van der Waals surface area contributed by atoms with Crippen molar-refractivity contribution in [2.75, 3.05) is 31.1 Å². The van der Waals surface area contributed by atoms with Crippen LogP contribution in [-0.2, 0) is 10.0 Å². The Balaban J connectivity index is 1.81. The number of benzene rings is 2. The van der Waals surface area contributed by atoms with E-state index in [4.69, 9.17) is 0 Å². The molecule has 28 heavy (non-hydrogen) atoms. The van der Waals surface area contributed by atoms with Crippen LogP contribution in [0.15, 0.2) is 41.3 Å². The van der Waals surface area contributed by atoms with Crippen LogP contribution >= 0.6 is 0 Å². The van der Waals surface area contributed by atoms with Gasteiger partial charge < -0.3 is 4.90 Å². The lowest BCUT2D eigenvalue weighted by atomic mass is 10.1. The van der Waals surface area contributed by atoms with Gasteiger partial charge in [-0.05, 0) is 24.3 Å². The number of nitro benzene ring substituents is 1. The molecule has 11 heteroatoms. The average Bonchev–Trinajstić information content (AvgIpc) is 2.67. The van der Waals surface area contributed by atoms with E-state index in [1.807, 2.05) is 0 Å². The lowest BCUT2D eigenvalue weighted by Gasteiger charge is -2.35. The van der Waals surface area contributed by atoms with Gasteiger partial charge in [-0.3, -0.25) is 14.9 Å². The highest BCUT2D eigenvalue weighted by molar-refractivity contribution is 7.89. The van der Waals surface area contributed by atoms with Crippen molar-refractivity contribution in [3.63, 3.8) is 0 Å². The molecule has 0 aromatic heterocycles. The molecular formula is C17H15F2N3O5S.